The summed E-state index contributed by atoms with van der Waals surface area (Å²) in [7, 11) is -3.64. The number of nitrogens with one attached hydrogen (secondary N) is 2. The molecule has 0 saturated carbocycles. The summed E-state index contributed by atoms with van der Waals surface area (Å²) in [5, 5.41) is 0. The molecule has 24 heavy (non-hydrogen) atoms. The molecule has 0 unspecified atom stereocenters. The van der Waals surface area contributed by atoms with E-state index in [1.54, 1.807) is 0 Å². The lowest BCUT2D eigenvalue weighted by atomic mass is 10.1. The van der Waals surface area contributed by atoms with E-state index >= 15 is 0 Å². The fraction of sp³-hybridized carbons (Fsp3) is 0.235. The van der Waals surface area contributed by atoms with E-state index in [2.05, 4.69) is 14.7 Å². The number of halogens is 1. The normalized spacial score (nSPS) is 12.0. The molecule has 3 aromatic rings. The molecule has 0 fully saturated rings. The molecular weight excluding hydrogens is 329 g/mol. The first kappa shape index (κ1) is 16.6. The van der Waals surface area contributed by atoms with E-state index < -0.39 is 15.8 Å². The summed E-state index contributed by atoms with van der Waals surface area (Å²) in [6.45, 7) is 3.69. The minimum Gasteiger partial charge on any atom is -0.342 e. The van der Waals surface area contributed by atoms with E-state index in [0.717, 1.165) is 22.4 Å². The maximum atomic E-state index is 13.3. The average molecular weight is 347 g/mol. The molecule has 5 nitrogen and oxygen atoms in total. The summed E-state index contributed by atoms with van der Waals surface area (Å²) in [6, 6.07) is 9.57. The minimum atomic E-state index is -3.64. The molecule has 7 heteroatoms. The van der Waals surface area contributed by atoms with Gasteiger partial charge in [0.1, 0.15) is 11.6 Å². The number of aromatic amines is 1. The fourth-order valence-electron chi connectivity index (χ4n) is 2.54. The van der Waals surface area contributed by atoms with E-state index in [0.29, 0.717) is 12.0 Å². The van der Waals surface area contributed by atoms with Crippen LogP contribution >= 0.6 is 0 Å². The number of fused-ring (bicyclic) bond motifs is 1. The standard InChI is InChI=1S/C17H18FN3O2S/c1-11-9-14(4-5-15(11)18)24(22,23)19-8-7-13-3-6-16-17(10-13)21-12(2)20-16/h3-6,9-10,19H,7-8H2,1-2H3,(H,20,21). The lowest BCUT2D eigenvalue weighted by Gasteiger charge is -2.08. The highest BCUT2D eigenvalue weighted by Crippen LogP contribution is 2.15. The number of benzene rings is 2. The van der Waals surface area contributed by atoms with Crippen LogP contribution in [-0.2, 0) is 16.4 Å². The predicted octanol–water partition coefficient (Wildman–Crippen LogP) is 2.84. The van der Waals surface area contributed by atoms with E-state index in [9.17, 15) is 12.8 Å². The molecule has 0 amide bonds. The Morgan fingerprint density at radius 2 is 1.96 bits per heavy atom. The van der Waals surface area contributed by atoms with Crippen LogP contribution in [0.25, 0.3) is 11.0 Å². The number of aromatic nitrogens is 2. The van der Waals surface area contributed by atoms with E-state index in [-0.39, 0.29) is 11.4 Å². The molecule has 0 bridgehead atoms. The molecule has 0 aliphatic heterocycles. The van der Waals surface area contributed by atoms with Gasteiger partial charge in [0.25, 0.3) is 0 Å². The van der Waals surface area contributed by atoms with Crippen molar-refractivity contribution in [2.45, 2.75) is 25.2 Å². The number of rotatable bonds is 5. The Morgan fingerprint density at radius 3 is 2.71 bits per heavy atom. The summed E-state index contributed by atoms with van der Waals surface area (Å²) in [5.41, 5.74) is 3.13. The van der Waals surface area contributed by atoms with Gasteiger partial charge in [-0.25, -0.2) is 22.5 Å². The summed E-state index contributed by atoms with van der Waals surface area (Å²) in [4.78, 5) is 7.56. The molecule has 0 saturated heterocycles. The van der Waals surface area contributed by atoms with Crippen LogP contribution in [0.3, 0.4) is 0 Å². The van der Waals surface area contributed by atoms with Crippen molar-refractivity contribution in [3.05, 3.63) is 59.2 Å². The number of hydrogen-bond donors (Lipinski definition) is 2. The van der Waals surface area contributed by atoms with Crippen LogP contribution in [0, 0.1) is 19.7 Å². The molecule has 3 rings (SSSR count). The molecule has 0 atom stereocenters. The van der Waals surface area contributed by atoms with Crippen molar-refractivity contribution in [3.63, 3.8) is 0 Å². The Hall–Kier alpha value is -2.25. The third-order valence-corrected chi connectivity index (χ3v) is 5.27. The van der Waals surface area contributed by atoms with E-state index in [1.165, 1.54) is 25.1 Å². The number of hydrogen-bond acceptors (Lipinski definition) is 3. The second kappa shape index (κ2) is 6.33. The first-order valence-electron chi connectivity index (χ1n) is 7.56. The molecule has 0 aliphatic rings. The molecule has 1 heterocycles. The maximum Gasteiger partial charge on any atom is 0.240 e. The van der Waals surface area contributed by atoms with Crippen molar-refractivity contribution >= 4 is 21.1 Å². The first-order valence-corrected chi connectivity index (χ1v) is 9.04. The van der Waals surface area contributed by atoms with E-state index in [4.69, 9.17) is 0 Å². The Labute approximate surface area is 140 Å². The van der Waals surface area contributed by atoms with Gasteiger partial charge in [0.2, 0.25) is 10.0 Å². The first-order chi connectivity index (χ1) is 11.3. The van der Waals surface area contributed by atoms with Crippen LogP contribution in [0.15, 0.2) is 41.3 Å². The molecule has 0 radical (unpaired) electrons. The third-order valence-electron chi connectivity index (χ3n) is 3.81. The Balaban J connectivity index is 1.68. The number of nitrogens with zero attached hydrogens (tertiary/aromatic N) is 1. The van der Waals surface area contributed by atoms with Gasteiger partial charge in [-0.1, -0.05) is 6.07 Å². The minimum absolute atomic E-state index is 0.0704. The second-order valence-corrected chi connectivity index (χ2v) is 7.50. The fourth-order valence-corrected chi connectivity index (χ4v) is 3.65. The van der Waals surface area contributed by atoms with Gasteiger partial charge in [-0.3, -0.25) is 0 Å². The van der Waals surface area contributed by atoms with Gasteiger partial charge in [-0.2, -0.15) is 0 Å². The maximum absolute atomic E-state index is 13.3. The highest BCUT2D eigenvalue weighted by Gasteiger charge is 2.14. The Kier molecular flexibility index (Phi) is 4.38. The Bertz CT molecular complexity index is 996. The highest BCUT2D eigenvalue weighted by atomic mass is 32.2. The van der Waals surface area contributed by atoms with Gasteiger partial charge >= 0.3 is 0 Å². The van der Waals surface area contributed by atoms with Crippen molar-refractivity contribution in [2.24, 2.45) is 0 Å². The molecule has 126 valence electrons. The zero-order valence-electron chi connectivity index (χ0n) is 13.4. The molecular formula is C17H18FN3O2S. The van der Waals surface area contributed by atoms with Crippen molar-refractivity contribution in [2.75, 3.05) is 6.54 Å². The summed E-state index contributed by atoms with van der Waals surface area (Å²) >= 11 is 0. The SMILES string of the molecule is Cc1nc2ccc(CCNS(=O)(=O)c3ccc(F)c(C)c3)cc2[nH]1. The largest absolute Gasteiger partial charge is 0.342 e. The van der Waals surface area contributed by atoms with Crippen molar-refractivity contribution in [1.82, 2.24) is 14.7 Å². The topological polar surface area (TPSA) is 74.8 Å². The molecule has 0 spiro atoms. The van der Waals surface area contributed by atoms with Crippen molar-refractivity contribution in [1.29, 1.82) is 0 Å². The zero-order chi connectivity index (χ0) is 17.3. The second-order valence-electron chi connectivity index (χ2n) is 5.73. The van der Waals surface area contributed by atoms with Crippen molar-refractivity contribution in [3.8, 4) is 0 Å². The van der Waals surface area contributed by atoms with Gasteiger partial charge in [0, 0.05) is 6.54 Å². The van der Waals surface area contributed by atoms with Gasteiger partial charge in [0.15, 0.2) is 0 Å². The van der Waals surface area contributed by atoms with Crippen LogP contribution in [0.5, 0.6) is 0 Å². The average Bonchev–Trinajstić information content (AvgIpc) is 2.89. The van der Waals surface area contributed by atoms with Crippen LogP contribution in [0.2, 0.25) is 0 Å². The zero-order valence-corrected chi connectivity index (χ0v) is 14.2. The Morgan fingerprint density at radius 1 is 1.17 bits per heavy atom. The van der Waals surface area contributed by atoms with Gasteiger partial charge in [-0.15, -0.1) is 0 Å². The van der Waals surface area contributed by atoms with Crippen molar-refractivity contribution < 1.29 is 12.8 Å². The number of sulfonamides is 1. The van der Waals surface area contributed by atoms with Crippen LogP contribution < -0.4 is 4.72 Å². The molecule has 2 aromatic carbocycles. The predicted molar refractivity (Wildman–Crippen MR) is 90.9 cm³/mol. The monoisotopic (exact) mass is 347 g/mol. The highest BCUT2D eigenvalue weighted by molar-refractivity contribution is 7.89. The molecule has 0 aliphatic carbocycles. The van der Waals surface area contributed by atoms with E-state index in [1.807, 2.05) is 25.1 Å². The quantitative estimate of drug-likeness (QED) is 0.745. The molecule has 1 aromatic heterocycles. The lowest BCUT2D eigenvalue weighted by Crippen LogP contribution is -2.26. The third kappa shape index (κ3) is 3.47. The summed E-state index contributed by atoms with van der Waals surface area (Å²) in [6.07, 6.45) is 0.549. The summed E-state index contributed by atoms with van der Waals surface area (Å²) < 4.78 is 40.3. The van der Waals surface area contributed by atoms with Crippen LogP contribution in [0.4, 0.5) is 4.39 Å². The smallest absolute Gasteiger partial charge is 0.240 e. The van der Waals surface area contributed by atoms with Gasteiger partial charge < -0.3 is 4.98 Å². The number of H-pyrrole nitrogens is 1. The number of imidazole rings is 1. The molecule has 2 N–H and O–H groups in total. The number of aryl methyl sites for hydroxylation is 2. The van der Waals surface area contributed by atoms with Crippen LogP contribution in [-0.4, -0.2) is 24.9 Å². The van der Waals surface area contributed by atoms with Gasteiger partial charge in [-0.05, 0) is 61.7 Å². The lowest BCUT2D eigenvalue weighted by molar-refractivity contribution is 0.580. The van der Waals surface area contributed by atoms with Crippen LogP contribution in [0.1, 0.15) is 17.0 Å². The van der Waals surface area contributed by atoms with Gasteiger partial charge in [0.05, 0.1) is 15.9 Å². The summed E-state index contributed by atoms with van der Waals surface area (Å²) in [5.74, 6) is 0.423.